The summed E-state index contributed by atoms with van der Waals surface area (Å²) in [5, 5.41) is 2.79. The van der Waals surface area contributed by atoms with Crippen LogP contribution in [0.15, 0.2) is 24.3 Å². The van der Waals surface area contributed by atoms with Gasteiger partial charge in [-0.2, -0.15) is 0 Å². The Bertz CT molecular complexity index is 340. The standard InChI is InChI=1S/C12H18N2O2/c1-2-16-11-6-3-5-10(9-11)12(15)14-8-4-7-13/h3,5-6,9H,2,4,7-8,13H2,1H3,(H,14,15). The molecule has 16 heavy (non-hydrogen) atoms. The fraction of sp³-hybridized carbons (Fsp3) is 0.417. The zero-order valence-corrected chi connectivity index (χ0v) is 9.53. The smallest absolute Gasteiger partial charge is 0.251 e. The molecule has 0 unspecified atom stereocenters. The molecule has 0 saturated carbocycles. The lowest BCUT2D eigenvalue weighted by Crippen LogP contribution is -2.25. The van der Waals surface area contributed by atoms with Gasteiger partial charge in [-0.05, 0) is 38.1 Å². The Morgan fingerprint density at radius 3 is 3.00 bits per heavy atom. The second-order valence-electron chi connectivity index (χ2n) is 3.36. The number of carbonyl (C=O) groups is 1. The van der Waals surface area contributed by atoms with Crippen molar-refractivity contribution >= 4 is 5.91 Å². The van der Waals surface area contributed by atoms with E-state index in [4.69, 9.17) is 10.5 Å². The summed E-state index contributed by atoms with van der Waals surface area (Å²) >= 11 is 0. The maximum atomic E-state index is 11.7. The molecule has 4 heteroatoms. The van der Waals surface area contributed by atoms with Gasteiger partial charge < -0.3 is 15.8 Å². The molecule has 0 saturated heterocycles. The van der Waals surface area contributed by atoms with E-state index in [9.17, 15) is 4.79 Å². The van der Waals surface area contributed by atoms with Gasteiger partial charge in [0.2, 0.25) is 0 Å². The lowest BCUT2D eigenvalue weighted by molar-refractivity contribution is 0.0953. The van der Waals surface area contributed by atoms with Crippen molar-refractivity contribution < 1.29 is 9.53 Å². The molecule has 0 aliphatic heterocycles. The van der Waals surface area contributed by atoms with E-state index in [1.807, 2.05) is 19.1 Å². The van der Waals surface area contributed by atoms with Crippen molar-refractivity contribution in [1.29, 1.82) is 0 Å². The maximum absolute atomic E-state index is 11.7. The minimum absolute atomic E-state index is 0.0880. The number of carbonyl (C=O) groups excluding carboxylic acids is 1. The lowest BCUT2D eigenvalue weighted by Gasteiger charge is -2.06. The van der Waals surface area contributed by atoms with Crippen LogP contribution in [0.4, 0.5) is 0 Å². The maximum Gasteiger partial charge on any atom is 0.251 e. The summed E-state index contributed by atoms with van der Waals surface area (Å²) in [6.07, 6.45) is 0.789. The van der Waals surface area contributed by atoms with Gasteiger partial charge in [-0.1, -0.05) is 6.07 Å². The molecule has 0 radical (unpaired) electrons. The zero-order chi connectivity index (χ0) is 11.8. The fourth-order valence-electron chi connectivity index (χ4n) is 1.30. The highest BCUT2D eigenvalue weighted by atomic mass is 16.5. The molecule has 1 amide bonds. The third-order valence-corrected chi connectivity index (χ3v) is 2.07. The first-order valence-corrected chi connectivity index (χ1v) is 5.49. The van der Waals surface area contributed by atoms with Crippen LogP contribution in [0.1, 0.15) is 23.7 Å². The molecule has 0 aliphatic carbocycles. The summed E-state index contributed by atoms with van der Waals surface area (Å²) in [5.74, 6) is 0.629. The molecule has 0 spiro atoms. The van der Waals surface area contributed by atoms with Gasteiger partial charge in [0.05, 0.1) is 6.61 Å². The summed E-state index contributed by atoms with van der Waals surface area (Å²) in [4.78, 5) is 11.7. The first-order valence-electron chi connectivity index (χ1n) is 5.49. The highest BCUT2D eigenvalue weighted by molar-refractivity contribution is 5.94. The molecule has 0 heterocycles. The largest absolute Gasteiger partial charge is 0.494 e. The van der Waals surface area contributed by atoms with Crippen LogP contribution in [0.2, 0.25) is 0 Å². The van der Waals surface area contributed by atoms with Crippen molar-refractivity contribution in [3.05, 3.63) is 29.8 Å². The van der Waals surface area contributed by atoms with Crippen LogP contribution < -0.4 is 15.8 Å². The van der Waals surface area contributed by atoms with Gasteiger partial charge in [0.15, 0.2) is 0 Å². The van der Waals surface area contributed by atoms with Crippen LogP contribution in [0, 0.1) is 0 Å². The first kappa shape index (κ1) is 12.5. The van der Waals surface area contributed by atoms with Crippen molar-refractivity contribution in [1.82, 2.24) is 5.32 Å². The predicted molar refractivity (Wildman–Crippen MR) is 63.6 cm³/mol. The molecule has 1 rings (SSSR count). The van der Waals surface area contributed by atoms with E-state index in [-0.39, 0.29) is 5.91 Å². The Labute approximate surface area is 95.8 Å². The number of nitrogens with two attached hydrogens (primary N) is 1. The highest BCUT2D eigenvalue weighted by Crippen LogP contribution is 2.12. The van der Waals surface area contributed by atoms with E-state index in [2.05, 4.69) is 5.32 Å². The molecule has 1 aromatic carbocycles. The molecule has 1 aromatic rings. The highest BCUT2D eigenvalue weighted by Gasteiger charge is 2.05. The SMILES string of the molecule is CCOc1cccc(C(=O)NCCCN)c1. The molecule has 88 valence electrons. The first-order chi connectivity index (χ1) is 7.77. The number of amides is 1. The van der Waals surface area contributed by atoms with E-state index in [0.29, 0.717) is 31.0 Å². The summed E-state index contributed by atoms with van der Waals surface area (Å²) in [6, 6.07) is 7.14. The van der Waals surface area contributed by atoms with Gasteiger partial charge in [-0.15, -0.1) is 0 Å². The number of rotatable bonds is 6. The monoisotopic (exact) mass is 222 g/mol. The van der Waals surface area contributed by atoms with Gasteiger partial charge in [0.25, 0.3) is 5.91 Å². The van der Waals surface area contributed by atoms with Crippen LogP contribution in [-0.2, 0) is 0 Å². The van der Waals surface area contributed by atoms with Gasteiger partial charge in [0, 0.05) is 12.1 Å². The zero-order valence-electron chi connectivity index (χ0n) is 9.53. The van der Waals surface area contributed by atoms with Crippen LogP contribution >= 0.6 is 0 Å². The Morgan fingerprint density at radius 2 is 2.31 bits per heavy atom. The quantitative estimate of drug-likeness (QED) is 0.710. The van der Waals surface area contributed by atoms with Crippen molar-refractivity contribution in [2.45, 2.75) is 13.3 Å². The Hall–Kier alpha value is -1.55. The van der Waals surface area contributed by atoms with Gasteiger partial charge in [-0.25, -0.2) is 0 Å². The Morgan fingerprint density at radius 1 is 1.50 bits per heavy atom. The van der Waals surface area contributed by atoms with E-state index in [1.165, 1.54) is 0 Å². The Balaban J connectivity index is 2.57. The summed E-state index contributed by atoms with van der Waals surface area (Å²) in [5.41, 5.74) is 5.96. The number of benzene rings is 1. The number of hydrogen-bond donors (Lipinski definition) is 2. The van der Waals surface area contributed by atoms with Crippen LogP contribution in [0.3, 0.4) is 0 Å². The molecule has 4 nitrogen and oxygen atoms in total. The van der Waals surface area contributed by atoms with E-state index >= 15 is 0 Å². The summed E-state index contributed by atoms with van der Waals surface area (Å²) in [6.45, 7) is 3.69. The fourth-order valence-corrected chi connectivity index (χ4v) is 1.30. The average molecular weight is 222 g/mol. The third-order valence-electron chi connectivity index (χ3n) is 2.07. The minimum Gasteiger partial charge on any atom is -0.494 e. The van der Waals surface area contributed by atoms with Gasteiger partial charge in [-0.3, -0.25) is 4.79 Å². The van der Waals surface area contributed by atoms with Gasteiger partial charge in [0.1, 0.15) is 5.75 Å². The van der Waals surface area contributed by atoms with E-state index < -0.39 is 0 Å². The molecule has 0 fully saturated rings. The topological polar surface area (TPSA) is 64.3 Å². The predicted octanol–water partition coefficient (Wildman–Crippen LogP) is 1.16. The van der Waals surface area contributed by atoms with Crippen LogP contribution in [-0.4, -0.2) is 25.6 Å². The third kappa shape index (κ3) is 3.90. The molecule has 3 N–H and O–H groups in total. The van der Waals surface area contributed by atoms with Crippen LogP contribution in [0.5, 0.6) is 5.75 Å². The summed E-state index contributed by atoms with van der Waals surface area (Å²) in [7, 11) is 0. The normalized spacial score (nSPS) is 9.88. The van der Waals surface area contributed by atoms with Crippen molar-refractivity contribution in [3.63, 3.8) is 0 Å². The average Bonchev–Trinajstić information content (AvgIpc) is 2.30. The minimum atomic E-state index is -0.0880. The van der Waals surface area contributed by atoms with Crippen molar-refractivity contribution in [3.8, 4) is 5.75 Å². The van der Waals surface area contributed by atoms with E-state index in [1.54, 1.807) is 12.1 Å². The molecular weight excluding hydrogens is 204 g/mol. The Kier molecular flexibility index (Phi) is 5.36. The van der Waals surface area contributed by atoms with E-state index in [0.717, 1.165) is 6.42 Å². The number of hydrogen-bond acceptors (Lipinski definition) is 3. The van der Waals surface area contributed by atoms with Crippen molar-refractivity contribution in [2.24, 2.45) is 5.73 Å². The second-order valence-corrected chi connectivity index (χ2v) is 3.36. The molecular formula is C12H18N2O2. The molecule has 0 atom stereocenters. The van der Waals surface area contributed by atoms with Crippen molar-refractivity contribution in [2.75, 3.05) is 19.7 Å². The lowest BCUT2D eigenvalue weighted by atomic mass is 10.2. The number of ether oxygens (including phenoxy) is 1. The number of nitrogens with one attached hydrogen (secondary N) is 1. The molecule has 0 aromatic heterocycles. The second kappa shape index (κ2) is 6.85. The molecule has 0 bridgehead atoms. The molecule has 0 aliphatic rings. The van der Waals surface area contributed by atoms with Crippen LogP contribution in [0.25, 0.3) is 0 Å². The summed E-state index contributed by atoms with van der Waals surface area (Å²) < 4.78 is 5.32. The van der Waals surface area contributed by atoms with Gasteiger partial charge >= 0.3 is 0 Å².